The second kappa shape index (κ2) is 8.37. The molecule has 0 aliphatic heterocycles. The van der Waals surface area contributed by atoms with Gasteiger partial charge >= 0.3 is 0 Å². The maximum absolute atomic E-state index is 13.3. The van der Waals surface area contributed by atoms with Crippen LogP contribution in [0.2, 0.25) is 0 Å². The molecule has 1 aromatic heterocycles. The SMILES string of the molecule is COc1cc(C=Nn2c(C3CCCCC3)nc3ccc(Br)cc3c2=O)ccc1O. The van der Waals surface area contributed by atoms with E-state index in [4.69, 9.17) is 9.72 Å². The maximum Gasteiger partial charge on any atom is 0.282 e. The van der Waals surface area contributed by atoms with Crippen LogP contribution in [0.4, 0.5) is 0 Å². The molecular formula is C22H22BrN3O3. The molecule has 7 heteroatoms. The van der Waals surface area contributed by atoms with Crippen molar-refractivity contribution < 1.29 is 9.84 Å². The lowest BCUT2D eigenvalue weighted by molar-refractivity contribution is 0.373. The van der Waals surface area contributed by atoms with Crippen LogP contribution in [0.3, 0.4) is 0 Å². The van der Waals surface area contributed by atoms with Crippen LogP contribution in [0, 0.1) is 0 Å². The fraction of sp³-hybridized carbons (Fsp3) is 0.318. The third-order valence-corrected chi connectivity index (χ3v) is 5.82. The molecule has 0 radical (unpaired) electrons. The van der Waals surface area contributed by atoms with Gasteiger partial charge in [0.2, 0.25) is 0 Å². The van der Waals surface area contributed by atoms with Crippen molar-refractivity contribution in [2.75, 3.05) is 7.11 Å². The standard InChI is InChI=1S/C22H22BrN3O3/c1-29-20-11-14(7-10-19(20)27)13-24-26-21(15-5-3-2-4-6-15)25-18-9-8-16(23)12-17(18)22(26)28/h7-13,15,27H,2-6H2,1H3. The highest BCUT2D eigenvalue weighted by molar-refractivity contribution is 9.10. The van der Waals surface area contributed by atoms with Crippen LogP contribution in [-0.4, -0.2) is 28.1 Å². The summed E-state index contributed by atoms with van der Waals surface area (Å²) < 4.78 is 7.41. The van der Waals surface area contributed by atoms with Crippen molar-refractivity contribution in [3.05, 3.63) is 62.6 Å². The minimum atomic E-state index is -0.182. The van der Waals surface area contributed by atoms with Crippen molar-refractivity contribution in [1.82, 2.24) is 9.66 Å². The number of ether oxygens (including phenoxy) is 1. The lowest BCUT2D eigenvalue weighted by Gasteiger charge is -2.22. The van der Waals surface area contributed by atoms with Gasteiger partial charge in [0.05, 0.1) is 24.2 Å². The normalized spacial score (nSPS) is 15.2. The molecule has 1 saturated carbocycles. The third kappa shape index (κ3) is 4.05. The Morgan fingerprint density at radius 2 is 2.00 bits per heavy atom. The first kappa shape index (κ1) is 19.6. The second-order valence-corrected chi connectivity index (χ2v) is 8.17. The highest BCUT2D eigenvalue weighted by atomic mass is 79.9. The number of aromatic hydroxyl groups is 1. The predicted molar refractivity (Wildman–Crippen MR) is 117 cm³/mol. The summed E-state index contributed by atoms with van der Waals surface area (Å²) in [4.78, 5) is 18.1. The Labute approximate surface area is 177 Å². The van der Waals surface area contributed by atoms with Crippen molar-refractivity contribution in [2.24, 2.45) is 5.10 Å². The molecule has 29 heavy (non-hydrogen) atoms. The Balaban J connectivity index is 1.84. The number of aromatic nitrogens is 2. The number of rotatable bonds is 4. The fourth-order valence-electron chi connectivity index (χ4n) is 3.80. The van der Waals surface area contributed by atoms with E-state index in [1.54, 1.807) is 30.5 Å². The van der Waals surface area contributed by atoms with E-state index in [2.05, 4.69) is 21.0 Å². The molecule has 1 fully saturated rings. The molecule has 0 spiro atoms. The predicted octanol–water partition coefficient (Wildman–Crippen LogP) is 4.80. The summed E-state index contributed by atoms with van der Waals surface area (Å²) in [5.41, 5.74) is 1.23. The molecule has 0 saturated heterocycles. The number of hydrogen-bond acceptors (Lipinski definition) is 5. The Bertz CT molecular complexity index is 1130. The van der Waals surface area contributed by atoms with Gasteiger partial charge in [-0.2, -0.15) is 9.78 Å². The number of halogens is 1. The smallest absolute Gasteiger partial charge is 0.282 e. The number of hydrogen-bond donors (Lipinski definition) is 1. The summed E-state index contributed by atoms with van der Waals surface area (Å²) in [6.07, 6.45) is 7.11. The van der Waals surface area contributed by atoms with Crippen LogP contribution in [0.15, 0.2) is 50.8 Å². The van der Waals surface area contributed by atoms with Gasteiger partial charge < -0.3 is 9.84 Å². The van der Waals surface area contributed by atoms with E-state index in [9.17, 15) is 9.90 Å². The number of fused-ring (bicyclic) bond motifs is 1. The molecular weight excluding hydrogens is 434 g/mol. The molecule has 6 nitrogen and oxygen atoms in total. The van der Waals surface area contributed by atoms with Crippen molar-refractivity contribution in [2.45, 2.75) is 38.0 Å². The molecule has 0 atom stereocenters. The molecule has 1 N–H and O–H groups in total. The summed E-state index contributed by atoms with van der Waals surface area (Å²) in [6.45, 7) is 0. The van der Waals surface area contributed by atoms with E-state index in [0.717, 1.165) is 35.7 Å². The van der Waals surface area contributed by atoms with Crippen molar-refractivity contribution in [1.29, 1.82) is 0 Å². The number of methoxy groups -OCH3 is 1. The molecule has 1 aliphatic carbocycles. The number of phenolic OH excluding ortho intramolecular Hbond substituents is 1. The van der Waals surface area contributed by atoms with E-state index in [-0.39, 0.29) is 17.2 Å². The van der Waals surface area contributed by atoms with Crippen molar-refractivity contribution >= 4 is 33.0 Å². The van der Waals surface area contributed by atoms with Gasteiger partial charge in [0.15, 0.2) is 11.5 Å². The largest absolute Gasteiger partial charge is 0.504 e. The van der Waals surface area contributed by atoms with Gasteiger partial charge in [-0.3, -0.25) is 4.79 Å². The summed E-state index contributed by atoms with van der Waals surface area (Å²) in [6, 6.07) is 10.5. The molecule has 3 aromatic rings. The zero-order valence-corrected chi connectivity index (χ0v) is 17.7. The molecule has 1 heterocycles. The molecule has 1 aliphatic rings. The van der Waals surface area contributed by atoms with Crippen molar-refractivity contribution in [3.63, 3.8) is 0 Å². The highest BCUT2D eigenvalue weighted by Gasteiger charge is 2.22. The molecule has 4 rings (SSSR count). The average molecular weight is 456 g/mol. The Hall–Kier alpha value is -2.67. The second-order valence-electron chi connectivity index (χ2n) is 7.26. The summed E-state index contributed by atoms with van der Waals surface area (Å²) in [5, 5.41) is 14.8. The van der Waals surface area contributed by atoms with E-state index in [1.807, 2.05) is 12.1 Å². The van der Waals surface area contributed by atoms with Crippen LogP contribution in [-0.2, 0) is 0 Å². The first-order valence-corrected chi connectivity index (χ1v) is 10.5. The lowest BCUT2D eigenvalue weighted by Crippen LogP contribution is -2.25. The van der Waals surface area contributed by atoms with Gasteiger partial charge in [-0.25, -0.2) is 4.98 Å². The molecule has 0 unspecified atom stereocenters. The first-order valence-electron chi connectivity index (χ1n) is 9.70. The van der Waals surface area contributed by atoms with E-state index < -0.39 is 0 Å². The maximum atomic E-state index is 13.3. The first-order chi connectivity index (χ1) is 14.1. The summed E-state index contributed by atoms with van der Waals surface area (Å²) >= 11 is 3.43. The summed E-state index contributed by atoms with van der Waals surface area (Å²) in [7, 11) is 1.49. The van der Waals surface area contributed by atoms with Crippen LogP contribution < -0.4 is 10.3 Å². The monoisotopic (exact) mass is 455 g/mol. The van der Waals surface area contributed by atoms with E-state index in [1.165, 1.54) is 18.2 Å². The van der Waals surface area contributed by atoms with Gasteiger partial charge in [-0.1, -0.05) is 35.2 Å². The van der Waals surface area contributed by atoms with E-state index >= 15 is 0 Å². The Kier molecular flexibility index (Phi) is 5.67. The minimum Gasteiger partial charge on any atom is -0.504 e. The zero-order chi connectivity index (χ0) is 20.4. The molecule has 0 amide bonds. The Morgan fingerprint density at radius 1 is 1.21 bits per heavy atom. The van der Waals surface area contributed by atoms with Gasteiger partial charge in [-0.05, 0) is 54.8 Å². The summed E-state index contributed by atoms with van der Waals surface area (Å²) in [5.74, 6) is 1.35. The van der Waals surface area contributed by atoms with Crippen LogP contribution in [0.1, 0.15) is 49.4 Å². The van der Waals surface area contributed by atoms with Gasteiger partial charge in [0.1, 0.15) is 5.82 Å². The van der Waals surface area contributed by atoms with Crippen LogP contribution in [0.25, 0.3) is 10.9 Å². The number of phenols is 1. The number of nitrogens with zero attached hydrogens (tertiary/aromatic N) is 3. The topological polar surface area (TPSA) is 76.7 Å². The molecule has 2 aromatic carbocycles. The molecule has 0 bridgehead atoms. The molecule has 150 valence electrons. The van der Waals surface area contributed by atoms with Crippen LogP contribution in [0.5, 0.6) is 11.5 Å². The quantitative estimate of drug-likeness (QED) is 0.572. The Morgan fingerprint density at radius 3 is 2.76 bits per heavy atom. The van der Waals surface area contributed by atoms with Crippen molar-refractivity contribution in [3.8, 4) is 11.5 Å². The highest BCUT2D eigenvalue weighted by Crippen LogP contribution is 2.32. The lowest BCUT2D eigenvalue weighted by atomic mass is 9.88. The fourth-order valence-corrected chi connectivity index (χ4v) is 4.16. The van der Waals surface area contributed by atoms with Gasteiger partial charge in [0.25, 0.3) is 5.56 Å². The van der Waals surface area contributed by atoms with Gasteiger partial charge in [0, 0.05) is 10.4 Å². The van der Waals surface area contributed by atoms with Gasteiger partial charge in [-0.15, -0.1) is 0 Å². The van der Waals surface area contributed by atoms with E-state index in [0.29, 0.717) is 22.5 Å². The van der Waals surface area contributed by atoms with Crippen LogP contribution >= 0.6 is 15.9 Å². The zero-order valence-electron chi connectivity index (χ0n) is 16.1. The average Bonchev–Trinajstić information content (AvgIpc) is 2.75. The third-order valence-electron chi connectivity index (χ3n) is 5.33. The minimum absolute atomic E-state index is 0.0573. The number of benzene rings is 2.